The highest BCUT2D eigenvalue weighted by Crippen LogP contribution is 2.28. The summed E-state index contributed by atoms with van der Waals surface area (Å²) in [6.07, 6.45) is 0.988. The van der Waals surface area contributed by atoms with Crippen molar-refractivity contribution >= 4 is 17.6 Å². The van der Waals surface area contributed by atoms with E-state index in [0.717, 1.165) is 11.1 Å². The van der Waals surface area contributed by atoms with Gasteiger partial charge in [-0.1, -0.05) is 24.3 Å². The summed E-state index contributed by atoms with van der Waals surface area (Å²) in [5.41, 5.74) is 2.25. The van der Waals surface area contributed by atoms with Gasteiger partial charge in [-0.25, -0.2) is 0 Å². The van der Waals surface area contributed by atoms with Crippen LogP contribution in [0.25, 0.3) is 0 Å². The van der Waals surface area contributed by atoms with Crippen molar-refractivity contribution in [1.82, 2.24) is 0 Å². The molecule has 2 nitrogen and oxygen atoms in total. The number of esters is 1. The summed E-state index contributed by atoms with van der Waals surface area (Å²) >= 11 is 6.25. The molecule has 0 fully saturated rings. The zero-order chi connectivity index (χ0) is 12.0. The molecule has 1 aromatic rings. The fraction of sp³-hybridized carbons (Fsp3) is 0.462. The van der Waals surface area contributed by atoms with Crippen molar-refractivity contribution in [3.05, 3.63) is 35.4 Å². The third-order valence-corrected chi connectivity index (χ3v) is 2.89. The van der Waals surface area contributed by atoms with Crippen molar-refractivity contribution in [1.29, 1.82) is 0 Å². The van der Waals surface area contributed by atoms with Gasteiger partial charge >= 0.3 is 5.97 Å². The molecule has 0 unspecified atom stereocenters. The first kappa shape index (κ1) is 13.0. The molecule has 0 aliphatic carbocycles. The summed E-state index contributed by atoms with van der Waals surface area (Å²) in [5, 5.41) is -0.120. The van der Waals surface area contributed by atoms with Crippen molar-refractivity contribution in [3.8, 4) is 0 Å². The van der Waals surface area contributed by atoms with Crippen LogP contribution < -0.4 is 0 Å². The van der Waals surface area contributed by atoms with Gasteiger partial charge in [0, 0.05) is 6.42 Å². The smallest absolute Gasteiger partial charge is 0.305 e. The van der Waals surface area contributed by atoms with Gasteiger partial charge in [0.15, 0.2) is 0 Å². The van der Waals surface area contributed by atoms with E-state index in [-0.39, 0.29) is 11.3 Å². The van der Waals surface area contributed by atoms with E-state index in [9.17, 15) is 4.79 Å². The van der Waals surface area contributed by atoms with Crippen molar-refractivity contribution in [2.45, 2.75) is 32.1 Å². The Bertz CT molecular complexity index is 350. The second kappa shape index (κ2) is 6.54. The zero-order valence-corrected chi connectivity index (χ0v) is 10.5. The van der Waals surface area contributed by atoms with E-state index in [1.165, 1.54) is 0 Å². The summed E-state index contributed by atoms with van der Waals surface area (Å²) in [6, 6.07) is 7.96. The third kappa shape index (κ3) is 3.86. The van der Waals surface area contributed by atoms with Crippen LogP contribution in [0.1, 0.15) is 36.3 Å². The van der Waals surface area contributed by atoms with Crippen LogP contribution in [0.3, 0.4) is 0 Å². The van der Waals surface area contributed by atoms with Gasteiger partial charge in [0.25, 0.3) is 0 Å². The van der Waals surface area contributed by atoms with Crippen molar-refractivity contribution in [2.24, 2.45) is 0 Å². The third-order valence-electron chi connectivity index (χ3n) is 2.43. The largest absolute Gasteiger partial charge is 0.466 e. The molecule has 0 heterocycles. The molecule has 0 saturated carbocycles. The predicted molar refractivity (Wildman–Crippen MR) is 65.6 cm³/mol. The first-order chi connectivity index (χ1) is 7.65. The molecule has 0 saturated heterocycles. The minimum absolute atomic E-state index is 0.120. The highest BCUT2D eigenvalue weighted by atomic mass is 35.5. The molecule has 88 valence electrons. The van der Waals surface area contributed by atoms with E-state index < -0.39 is 0 Å². The summed E-state index contributed by atoms with van der Waals surface area (Å²) in [4.78, 5) is 11.2. The van der Waals surface area contributed by atoms with E-state index in [1.807, 2.05) is 31.2 Å². The number of hydrogen-bond donors (Lipinski definition) is 0. The van der Waals surface area contributed by atoms with E-state index >= 15 is 0 Å². The Balaban J connectivity index is 2.50. The molecular formula is C13H17ClO2. The summed E-state index contributed by atoms with van der Waals surface area (Å²) in [5.74, 6) is -0.179. The fourth-order valence-electron chi connectivity index (χ4n) is 1.57. The lowest BCUT2D eigenvalue weighted by Gasteiger charge is -2.11. The molecule has 0 N–H and O–H groups in total. The molecule has 3 heteroatoms. The average molecular weight is 241 g/mol. The maximum absolute atomic E-state index is 11.2. The number of ether oxygens (including phenoxy) is 1. The highest BCUT2D eigenvalue weighted by Gasteiger charge is 2.12. The lowest BCUT2D eigenvalue weighted by atomic mass is 10.0. The molecule has 1 rings (SSSR count). The molecule has 1 aromatic carbocycles. The van der Waals surface area contributed by atoms with Crippen LogP contribution in [0.5, 0.6) is 0 Å². The standard InChI is InChI=1S/C13H17ClO2/c1-3-16-13(15)9-8-12(14)11-7-5-4-6-10(11)2/h4-7,12H,3,8-9H2,1-2H3/t12-/m1/s1. The molecule has 0 amide bonds. The monoisotopic (exact) mass is 240 g/mol. The van der Waals surface area contributed by atoms with Crippen molar-refractivity contribution in [3.63, 3.8) is 0 Å². The number of alkyl halides is 1. The number of aryl methyl sites for hydroxylation is 1. The molecule has 0 aliphatic rings. The highest BCUT2D eigenvalue weighted by molar-refractivity contribution is 6.21. The summed E-state index contributed by atoms with van der Waals surface area (Å²) in [6.45, 7) is 4.25. The van der Waals surface area contributed by atoms with E-state index in [2.05, 4.69) is 0 Å². The zero-order valence-electron chi connectivity index (χ0n) is 9.70. The number of carbonyl (C=O) groups excluding carboxylic acids is 1. The maximum Gasteiger partial charge on any atom is 0.305 e. The molecule has 0 aromatic heterocycles. The normalized spacial score (nSPS) is 12.2. The number of rotatable bonds is 5. The SMILES string of the molecule is CCOC(=O)CC[C@@H](Cl)c1ccccc1C. The first-order valence-electron chi connectivity index (χ1n) is 5.50. The Morgan fingerprint density at radius 1 is 1.44 bits per heavy atom. The van der Waals surface area contributed by atoms with Gasteiger partial charge in [0.1, 0.15) is 0 Å². The van der Waals surface area contributed by atoms with Gasteiger partial charge < -0.3 is 4.74 Å². The molecule has 1 atom stereocenters. The Kier molecular flexibility index (Phi) is 5.33. The van der Waals surface area contributed by atoms with Crippen LogP contribution in [0, 0.1) is 6.92 Å². The van der Waals surface area contributed by atoms with Gasteiger partial charge in [0.2, 0.25) is 0 Å². The molecule has 16 heavy (non-hydrogen) atoms. The Morgan fingerprint density at radius 3 is 2.75 bits per heavy atom. The van der Waals surface area contributed by atoms with E-state index in [1.54, 1.807) is 6.92 Å². The van der Waals surface area contributed by atoms with E-state index in [0.29, 0.717) is 19.4 Å². The molecule has 0 radical (unpaired) electrons. The van der Waals surface area contributed by atoms with Crippen LogP contribution in [-0.2, 0) is 9.53 Å². The minimum atomic E-state index is -0.179. The van der Waals surface area contributed by atoms with Crippen LogP contribution in [0.2, 0.25) is 0 Å². The molecular weight excluding hydrogens is 224 g/mol. The number of hydrogen-bond acceptors (Lipinski definition) is 2. The Hall–Kier alpha value is -1.02. The van der Waals surface area contributed by atoms with Gasteiger partial charge in [0.05, 0.1) is 12.0 Å². The van der Waals surface area contributed by atoms with Crippen LogP contribution >= 0.6 is 11.6 Å². The molecule has 0 spiro atoms. The van der Waals surface area contributed by atoms with Crippen molar-refractivity contribution in [2.75, 3.05) is 6.61 Å². The molecule has 0 aliphatic heterocycles. The molecule has 0 bridgehead atoms. The van der Waals surface area contributed by atoms with Gasteiger partial charge in [-0.2, -0.15) is 0 Å². The van der Waals surface area contributed by atoms with Crippen LogP contribution in [0.15, 0.2) is 24.3 Å². The van der Waals surface area contributed by atoms with E-state index in [4.69, 9.17) is 16.3 Å². The lowest BCUT2D eigenvalue weighted by molar-refractivity contribution is -0.143. The van der Waals surface area contributed by atoms with Crippen LogP contribution in [0.4, 0.5) is 0 Å². The minimum Gasteiger partial charge on any atom is -0.466 e. The second-order valence-electron chi connectivity index (χ2n) is 3.67. The number of carbonyl (C=O) groups is 1. The number of benzene rings is 1. The predicted octanol–water partition coefficient (Wildman–Crippen LogP) is 3.62. The fourth-order valence-corrected chi connectivity index (χ4v) is 1.93. The van der Waals surface area contributed by atoms with Gasteiger partial charge in [-0.05, 0) is 31.4 Å². The van der Waals surface area contributed by atoms with Gasteiger partial charge in [-0.3, -0.25) is 4.79 Å². The summed E-state index contributed by atoms with van der Waals surface area (Å²) < 4.78 is 4.86. The lowest BCUT2D eigenvalue weighted by Crippen LogP contribution is -2.05. The van der Waals surface area contributed by atoms with Crippen molar-refractivity contribution < 1.29 is 9.53 Å². The quantitative estimate of drug-likeness (QED) is 0.581. The average Bonchev–Trinajstić information content (AvgIpc) is 2.27. The summed E-state index contributed by atoms with van der Waals surface area (Å²) in [7, 11) is 0. The Labute approximate surface area is 102 Å². The first-order valence-corrected chi connectivity index (χ1v) is 5.94. The number of halogens is 1. The maximum atomic E-state index is 11.2. The van der Waals surface area contributed by atoms with Crippen LogP contribution in [-0.4, -0.2) is 12.6 Å². The second-order valence-corrected chi connectivity index (χ2v) is 4.19. The topological polar surface area (TPSA) is 26.3 Å². The Morgan fingerprint density at radius 2 is 2.12 bits per heavy atom. The van der Waals surface area contributed by atoms with Gasteiger partial charge in [-0.15, -0.1) is 11.6 Å².